The van der Waals surface area contributed by atoms with Crippen LogP contribution in [0, 0.1) is 0 Å². The molecule has 0 heterocycles. The van der Waals surface area contributed by atoms with Crippen molar-refractivity contribution in [1.82, 2.24) is 0 Å². The molecule has 0 spiro atoms. The molecule has 0 radical (unpaired) electrons. The Kier molecular flexibility index (Phi) is 4.23. The van der Waals surface area contributed by atoms with Crippen molar-refractivity contribution in [1.29, 1.82) is 0 Å². The second-order valence-electron chi connectivity index (χ2n) is 2.92. The minimum atomic E-state index is 0.588. The van der Waals surface area contributed by atoms with Crippen LogP contribution in [0.3, 0.4) is 0 Å². The Hall–Kier alpha value is -1.12. The molecule has 2 heteroatoms. The summed E-state index contributed by atoms with van der Waals surface area (Å²) < 4.78 is 0. The van der Waals surface area contributed by atoms with Crippen LogP contribution in [0.1, 0.15) is 11.1 Å². The van der Waals surface area contributed by atoms with E-state index in [0.717, 1.165) is 6.42 Å². The van der Waals surface area contributed by atoms with Gasteiger partial charge in [-0.25, -0.2) is 0 Å². The van der Waals surface area contributed by atoms with Gasteiger partial charge >= 0.3 is 0 Å². The molecule has 0 unspecified atom stereocenters. The van der Waals surface area contributed by atoms with Crippen molar-refractivity contribution in [3.63, 3.8) is 0 Å². The molecular weight excluding hydrogens is 160 g/mol. The molecule has 0 aliphatic carbocycles. The fourth-order valence-corrected chi connectivity index (χ4v) is 1.17. The van der Waals surface area contributed by atoms with E-state index in [2.05, 4.69) is 24.3 Å². The first-order valence-electron chi connectivity index (χ1n) is 4.52. The average Bonchev–Trinajstić information content (AvgIpc) is 2.17. The summed E-state index contributed by atoms with van der Waals surface area (Å²) >= 11 is 0. The topological polar surface area (TPSA) is 52.0 Å². The first-order valence-corrected chi connectivity index (χ1v) is 4.52. The van der Waals surface area contributed by atoms with Crippen molar-refractivity contribution in [2.24, 2.45) is 11.5 Å². The van der Waals surface area contributed by atoms with Gasteiger partial charge in [-0.05, 0) is 24.1 Å². The number of rotatable bonds is 4. The van der Waals surface area contributed by atoms with Gasteiger partial charge in [-0.3, -0.25) is 0 Å². The Balaban J connectivity index is 2.64. The highest BCUT2D eigenvalue weighted by Gasteiger charge is 1.90. The maximum atomic E-state index is 5.45. The second kappa shape index (κ2) is 5.51. The van der Waals surface area contributed by atoms with Crippen LogP contribution in [-0.2, 0) is 6.42 Å². The van der Waals surface area contributed by atoms with Crippen LogP contribution in [0.5, 0.6) is 0 Å². The maximum Gasteiger partial charge on any atom is 0.0110 e. The monoisotopic (exact) mass is 176 g/mol. The lowest BCUT2D eigenvalue weighted by molar-refractivity contribution is 0.969. The number of hydrogen-bond donors (Lipinski definition) is 2. The SMILES string of the molecule is NCC=Cc1ccc(CCN)cc1. The van der Waals surface area contributed by atoms with E-state index in [9.17, 15) is 0 Å². The molecule has 13 heavy (non-hydrogen) atoms. The summed E-state index contributed by atoms with van der Waals surface area (Å²) in [6.07, 6.45) is 4.91. The molecule has 4 N–H and O–H groups in total. The van der Waals surface area contributed by atoms with Crippen LogP contribution in [0.15, 0.2) is 30.3 Å². The molecule has 70 valence electrons. The van der Waals surface area contributed by atoms with Crippen molar-refractivity contribution in [3.05, 3.63) is 41.5 Å². The number of nitrogens with two attached hydrogens (primary N) is 2. The Bertz CT molecular complexity index is 262. The molecule has 0 saturated carbocycles. The first kappa shape index (κ1) is 9.96. The molecule has 0 atom stereocenters. The van der Waals surface area contributed by atoms with E-state index in [1.165, 1.54) is 11.1 Å². The molecule has 0 aromatic heterocycles. The van der Waals surface area contributed by atoms with Gasteiger partial charge in [-0.2, -0.15) is 0 Å². The molecule has 0 saturated heterocycles. The van der Waals surface area contributed by atoms with Crippen molar-refractivity contribution in [2.75, 3.05) is 13.1 Å². The number of hydrogen-bond acceptors (Lipinski definition) is 2. The third-order valence-electron chi connectivity index (χ3n) is 1.86. The van der Waals surface area contributed by atoms with Gasteiger partial charge in [0.15, 0.2) is 0 Å². The fraction of sp³-hybridized carbons (Fsp3) is 0.273. The zero-order valence-corrected chi connectivity index (χ0v) is 7.74. The van der Waals surface area contributed by atoms with Crippen LogP contribution in [0.2, 0.25) is 0 Å². The summed E-state index contributed by atoms with van der Waals surface area (Å²) in [5.41, 5.74) is 13.3. The lowest BCUT2D eigenvalue weighted by atomic mass is 10.1. The Labute approximate surface area is 79.2 Å². The van der Waals surface area contributed by atoms with Gasteiger partial charge in [0, 0.05) is 6.54 Å². The fourth-order valence-electron chi connectivity index (χ4n) is 1.17. The van der Waals surface area contributed by atoms with Gasteiger partial charge < -0.3 is 11.5 Å². The lowest BCUT2D eigenvalue weighted by Gasteiger charge is -1.98. The maximum absolute atomic E-state index is 5.45. The van der Waals surface area contributed by atoms with Crippen LogP contribution in [0.25, 0.3) is 6.08 Å². The molecular formula is C11H16N2. The van der Waals surface area contributed by atoms with Crippen LogP contribution in [-0.4, -0.2) is 13.1 Å². The summed E-state index contributed by atoms with van der Waals surface area (Å²) in [7, 11) is 0. The molecule has 1 aromatic carbocycles. The zero-order valence-electron chi connectivity index (χ0n) is 7.74. The van der Waals surface area contributed by atoms with E-state index < -0.39 is 0 Å². The molecule has 0 bridgehead atoms. The minimum absolute atomic E-state index is 0.588. The van der Waals surface area contributed by atoms with Gasteiger partial charge in [-0.1, -0.05) is 36.4 Å². The van der Waals surface area contributed by atoms with Gasteiger partial charge in [0.05, 0.1) is 0 Å². The van der Waals surface area contributed by atoms with Crippen LogP contribution in [0.4, 0.5) is 0 Å². The van der Waals surface area contributed by atoms with Crippen molar-refractivity contribution in [2.45, 2.75) is 6.42 Å². The van der Waals surface area contributed by atoms with E-state index >= 15 is 0 Å². The standard InChI is InChI=1S/C11H16N2/c12-8-1-2-10-3-5-11(6-4-10)7-9-13/h1-6H,7-9,12-13H2. The summed E-state index contributed by atoms with van der Waals surface area (Å²) in [6.45, 7) is 1.29. The third kappa shape index (κ3) is 3.40. The molecule has 0 aliphatic heterocycles. The molecule has 0 aliphatic rings. The Morgan fingerprint density at radius 1 is 1.08 bits per heavy atom. The summed E-state index contributed by atoms with van der Waals surface area (Å²) in [6, 6.07) is 8.36. The smallest absolute Gasteiger partial charge is 0.0110 e. The third-order valence-corrected chi connectivity index (χ3v) is 1.86. The molecule has 0 fully saturated rings. The van der Waals surface area contributed by atoms with Crippen molar-refractivity contribution in [3.8, 4) is 0 Å². The molecule has 0 amide bonds. The molecule has 1 aromatic rings. The quantitative estimate of drug-likeness (QED) is 0.723. The van der Waals surface area contributed by atoms with Crippen LogP contribution >= 0.6 is 0 Å². The Morgan fingerprint density at radius 3 is 2.31 bits per heavy atom. The zero-order chi connectivity index (χ0) is 9.52. The average molecular weight is 176 g/mol. The van der Waals surface area contributed by atoms with Crippen LogP contribution < -0.4 is 11.5 Å². The highest BCUT2D eigenvalue weighted by molar-refractivity contribution is 5.49. The van der Waals surface area contributed by atoms with E-state index in [0.29, 0.717) is 13.1 Å². The molecule has 2 nitrogen and oxygen atoms in total. The Morgan fingerprint density at radius 2 is 1.77 bits per heavy atom. The lowest BCUT2D eigenvalue weighted by Crippen LogP contribution is -2.02. The summed E-state index contributed by atoms with van der Waals surface area (Å²) in [5, 5.41) is 0. The van der Waals surface area contributed by atoms with Gasteiger partial charge in [-0.15, -0.1) is 0 Å². The predicted molar refractivity (Wildman–Crippen MR) is 57.3 cm³/mol. The first-order chi connectivity index (χ1) is 6.36. The van der Waals surface area contributed by atoms with E-state index in [1.807, 2.05) is 12.2 Å². The normalized spacial score (nSPS) is 10.9. The van der Waals surface area contributed by atoms with E-state index in [4.69, 9.17) is 11.5 Å². The van der Waals surface area contributed by atoms with Gasteiger partial charge in [0.1, 0.15) is 0 Å². The second-order valence-corrected chi connectivity index (χ2v) is 2.92. The van der Waals surface area contributed by atoms with E-state index in [1.54, 1.807) is 0 Å². The van der Waals surface area contributed by atoms with Gasteiger partial charge in [0.2, 0.25) is 0 Å². The van der Waals surface area contributed by atoms with Crippen molar-refractivity contribution < 1.29 is 0 Å². The minimum Gasteiger partial charge on any atom is -0.330 e. The largest absolute Gasteiger partial charge is 0.330 e. The highest BCUT2D eigenvalue weighted by atomic mass is 14.5. The summed E-state index contributed by atoms with van der Waals surface area (Å²) in [5.74, 6) is 0. The van der Waals surface area contributed by atoms with Gasteiger partial charge in [0.25, 0.3) is 0 Å². The molecule has 1 rings (SSSR count). The number of benzene rings is 1. The van der Waals surface area contributed by atoms with E-state index in [-0.39, 0.29) is 0 Å². The summed E-state index contributed by atoms with van der Waals surface area (Å²) in [4.78, 5) is 0. The predicted octanol–water partition coefficient (Wildman–Crippen LogP) is 1.16. The van der Waals surface area contributed by atoms with Crippen molar-refractivity contribution >= 4 is 6.08 Å². The highest BCUT2D eigenvalue weighted by Crippen LogP contribution is 2.05.